The molecule has 0 unspecified atom stereocenters. The van der Waals surface area contributed by atoms with Gasteiger partial charge < -0.3 is 4.74 Å². The average molecular weight is 212 g/mol. The van der Waals surface area contributed by atoms with Gasteiger partial charge in [-0.2, -0.15) is 10.5 Å². The molecule has 0 saturated heterocycles. The molecule has 0 bridgehead atoms. The molecule has 3 nitrogen and oxygen atoms in total. The van der Waals surface area contributed by atoms with Crippen molar-refractivity contribution in [3.8, 4) is 17.9 Å². The van der Waals surface area contributed by atoms with Gasteiger partial charge in [0.1, 0.15) is 23.5 Å². The fourth-order valence-corrected chi connectivity index (χ4v) is 1.44. The molecule has 0 aliphatic heterocycles. The Hall–Kier alpha value is -2.26. The van der Waals surface area contributed by atoms with Crippen LogP contribution in [0.4, 0.5) is 0 Å². The van der Waals surface area contributed by atoms with Crippen molar-refractivity contribution >= 4 is 0 Å². The molecule has 16 heavy (non-hydrogen) atoms. The molecule has 1 rings (SSSR count). The topological polar surface area (TPSA) is 56.8 Å². The number of allylic oxidation sites excluding steroid dienone is 2. The van der Waals surface area contributed by atoms with Gasteiger partial charge in [-0.05, 0) is 30.5 Å². The van der Waals surface area contributed by atoms with Gasteiger partial charge in [-0.3, -0.25) is 0 Å². The number of hydrogen-bond donors (Lipinski definition) is 0. The standard InChI is InChI=1S/C13H12N2O/c1-10(12(8-14)9-15)7-11-5-3-4-6-13(11)16-2/h3-6H,7H2,1-2H3. The molecule has 0 aromatic heterocycles. The average Bonchev–Trinajstić information content (AvgIpc) is 2.31. The highest BCUT2D eigenvalue weighted by atomic mass is 16.5. The van der Waals surface area contributed by atoms with Crippen LogP contribution in [0.1, 0.15) is 12.5 Å². The highest BCUT2D eigenvalue weighted by molar-refractivity contribution is 5.43. The van der Waals surface area contributed by atoms with Crippen molar-refractivity contribution in [1.82, 2.24) is 0 Å². The van der Waals surface area contributed by atoms with E-state index in [-0.39, 0.29) is 5.57 Å². The Balaban J connectivity index is 3.03. The third-order valence-electron chi connectivity index (χ3n) is 2.30. The lowest BCUT2D eigenvalue weighted by Crippen LogP contribution is -1.94. The number of rotatable bonds is 3. The quantitative estimate of drug-likeness (QED) is 0.723. The van der Waals surface area contributed by atoms with Crippen LogP contribution in [0.3, 0.4) is 0 Å². The monoisotopic (exact) mass is 212 g/mol. The van der Waals surface area contributed by atoms with Crippen LogP contribution in [0.15, 0.2) is 35.4 Å². The van der Waals surface area contributed by atoms with E-state index in [4.69, 9.17) is 15.3 Å². The highest BCUT2D eigenvalue weighted by Crippen LogP contribution is 2.21. The van der Waals surface area contributed by atoms with Crippen LogP contribution in [0.2, 0.25) is 0 Å². The molecule has 0 aliphatic carbocycles. The van der Waals surface area contributed by atoms with Gasteiger partial charge in [0.05, 0.1) is 7.11 Å². The molecule has 0 N–H and O–H groups in total. The second kappa shape index (κ2) is 5.58. The van der Waals surface area contributed by atoms with Crippen molar-refractivity contribution in [3.05, 3.63) is 41.0 Å². The van der Waals surface area contributed by atoms with E-state index in [2.05, 4.69) is 0 Å². The van der Waals surface area contributed by atoms with Crippen molar-refractivity contribution in [2.75, 3.05) is 7.11 Å². The summed E-state index contributed by atoms with van der Waals surface area (Å²) in [6.45, 7) is 1.79. The molecule has 1 aromatic carbocycles. The third kappa shape index (κ3) is 2.62. The number of methoxy groups -OCH3 is 1. The number of para-hydroxylation sites is 1. The predicted molar refractivity (Wildman–Crippen MR) is 60.6 cm³/mol. The fourth-order valence-electron chi connectivity index (χ4n) is 1.44. The van der Waals surface area contributed by atoms with Crippen molar-refractivity contribution < 1.29 is 4.74 Å². The van der Waals surface area contributed by atoms with Crippen LogP contribution < -0.4 is 4.74 Å². The molecule has 0 radical (unpaired) electrons. The molecule has 80 valence electrons. The Morgan fingerprint density at radius 2 is 1.88 bits per heavy atom. The zero-order valence-corrected chi connectivity index (χ0v) is 9.32. The lowest BCUT2D eigenvalue weighted by Gasteiger charge is -2.07. The summed E-state index contributed by atoms with van der Waals surface area (Å²) >= 11 is 0. The van der Waals surface area contributed by atoms with Crippen molar-refractivity contribution in [2.24, 2.45) is 0 Å². The first kappa shape index (κ1) is 11.8. The molecule has 0 saturated carbocycles. The van der Waals surface area contributed by atoms with Gasteiger partial charge in [0.2, 0.25) is 0 Å². The van der Waals surface area contributed by atoms with E-state index in [1.165, 1.54) is 0 Å². The molecule has 0 aliphatic rings. The van der Waals surface area contributed by atoms with Gasteiger partial charge >= 0.3 is 0 Å². The van der Waals surface area contributed by atoms with Crippen molar-refractivity contribution in [2.45, 2.75) is 13.3 Å². The minimum atomic E-state index is 0.172. The number of nitrogens with zero attached hydrogens (tertiary/aromatic N) is 2. The Morgan fingerprint density at radius 1 is 1.25 bits per heavy atom. The highest BCUT2D eigenvalue weighted by Gasteiger charge is 2.06. The van der Waals surface area contributed by atoms with Gasteiger partial charge in [0, 0.05) is 0 Å². The third-order valence-corrected chi connectivity index (χ3v) is 2.30. The summed E-state index contributed by atoms with van der Waals surface area (Å²) in [6.07, 6.45) is 0.556. The summed E-state index contributed by atoms with van der Waals surface area (Å²) in [5.74, 6) is 0.775. The first-order valence-corrected chi connectivity index (χ1v) is 4.84. The Morgan fingerprint density at radius 3 is 2.44 bits per heavy atom. The van der Waals surface area contributed by atoms with Crippen LogP contribution in [-0.2, 0) is 6.42 Å². The van der Waals surface area contributed by atoms with E-state index in [1.54, 1.807) is 14.0 Å². The van der Waals surface area contributed by atoms with E-state index < -0.39 is 0 Å². The van der Waals surface area contributed by atoms with Gasteiger partial charge in [-0.1, -0.05) is 18.2 Å². The zero-order chi connectivity index (χ0) is 12.0. The van der Waals surface area contributed by atoms with Gasteiger partial charge in [0.15, 0.2) is 0 Å². The normalized spacial score (nSPS) is 8.75. The zero-order valence-electron chi connectivity index (χ0n) is 9.32. The van der Waals surface area contributed by atoms with E-state index in [1.807, 2.05) is 36.4 Å². The van der Waals surface area contributed by atoms with Crippen LogP contribution in [0, 0.1) is 22.7 Å². The summed E-state index contributed by atoms with van der Waals surface area (Å²) in [4.78, 5) is 0. The van der Waals surface area contributed by atoms with Crippen molar-refractivity contribution in [3.63, 3.8) is 0 Å². The van der Waals surface area contributed by atoms with Crippen LogP contribution in [0.25, 0.3) is 0 Å². The maximum absolute atomic E-state index is 8.74. The largest absolute Gasteiger partial charge is 0.496 e. The SMILES string of the molecule is COc1ccccc1CC(C)=C(C#N)C#N. The second-order valence-corrected chi connectivity index (χ2v) is 3.37. The molecular weight excluding hydrogens is 200 g/mol. The van der Waals surface area contributed by atoms with E-state index in [0.29, 0.717) is 6.42 Å². The van der Waals surface area contributed by atoms with Crippen LogP contribution in [-0.4, -0.2) is 7.11 Å². The lowest BCUT2D eigenvalue weighted by atomic mass is 10.0. The predicted octanol–water partition coefficient (Wildman–Crippen LogP) is 2.60. The van der Waals surface area contributed by atoms with E-state index >= 15 is 0 Å². The minimum Gasteiger partial charge on any atom is -0.496 e. The first-order chi connectivity index (χ1) is 7.72. The number of ether oxygens (including phenoxy) is 1. The number of nitriles is 2. The number of benzene rings is 1. The van der Waals surface area contributed by atoms with E-state index in [9.17, 15) is 0 Å². The van der Waals surface area contributed by atoms with Gasteiger partial charge in [0.25, 0.3) is 0 Å². The lowest BCUT2D eigenvalue weighted by molar-refractivity contribution is 0.410. The van der Waals surface area contributed by atoms with Gasteiger partial charge in [-0.25, -0.2) is 0 Å². The molecular formula is C13H12N2O. The van der Waals surface area contributed by atoms with Crippen LogP contribution >= 0.6 is 0 Å². The number of hydrogen-bond acceptors (Lipinski definition) is 3. The smallest absolute Gasteiger partial charge is 0.128 e. The minimum absolute atomic E-state index is 0.172. The summed E-state index contributed by atoms with van der Waals surface area (Å²) < 4.78 is 5.20. The Kier molecular flexibility index (Phi) is 4.12. The molecule has 0 atom stereocenters. The molecule has 0 heterocycles. The first-order valence-electron chi connectivity index (χ1n) is 4.84. The maximum Gasteiger partial charge on any atom is 0.128 e. The van der Waals surface area contributed by atoms with E-state index in [0.717, 1.165) is 16.9 Å². The molecule has 0 fully saturated rings. The summed E-state index contributed by atoms with van der Waals surface area (Å²) in [5, 5.41) is 17.5. The van der Waals surface area contributed by atoms with Gasteiger partial charge in [-0.15, -0.1) is 0 Å². The molecule has 0 spiro atoms. The molecule has 0 amide bonds. The summed E-state index contributed by atoms with van der Waals surface area (Å²) in [6, 6.07) is 11.4. The summed E-state index contributed by atoms with van der Waals surface area (Å²) in [5.41, 5.74) is 1.91. The molecule has 3 heteroatoms. The molecule has 1 aromatic rings. The Labute approximate surface area is 95.2 Å². The Bertz CT molecular complexity index is 473. The maximum atomic E-state index is 8.74. The van der Waals surface area contributed by atoms with Crippen molar-refractivity contribution in [1.29, 1.82) is 10.5 Å². The second-order valence-electron chi connectivity index (χ2n) is 3.37. The summed E-state index contributed by atoms with van der Waals surface area (Å²) in [7, 11) is 1.60. The van der Waals surface area contributed by atoms with Crippen LogP contribution in [0.5, 0.6) is 5.75 Å². The fraction of sp³-hybridized carbons (Fsp3) is 0.231.